The van der Waals surface area contributed by atoms with Gasteiger partial charge in [0.25, 0.3) is 11.8 Å². The van der Waals surface area contributed by atoms with E-state index >= 15 is 0 Å². The molecule has 32 heavy (non-hydrogen) atoms. The Bertz CT molecular complexity index is 1230. The fraction of sp³-hybridized carbons (Fsp3) is 0.120. The van der Waals surface area contributed by atoms with Crippen LogP contribution in [0.2, 0.25) is 0 Å². The zero-order chi connectivity index (χ0) is 22.2. The molecule has 5 rings (SSSR count). The molecule has 0 unspecified atom stereocenters. The van der Waals surface area contributed by atoms with Crippen LogP contribution >= 0.6 is 0 Å². The number of amides is 2. The third-order valence-corrected chi connectivity index (χ3v) is 5.41. The van der Waals surface area contributed by atoms with E-state index in [0.717, 1.165) is 5.69 Å². The van der Waals surface area contributed by atoms with Gasteiger partial charge in [-0.3, -0.25) is 9.59 Å². The Labute approximate surface area is 185 Å². The molecule has 3 aromatic carbocycles. The Kier molecular flexibility index (Phi) is 4.78. The quantitative estimate of drug-likeness (QED) is 0.623. The Hall–Kier alpha value is -4.26. The number of imide groups is 1. The van der Waals surface area contributed by atoms with E-state index in [1.807, 2.05) is 61.5 Å². The predicted molar refractivity (Wildman–Crippen MR) is 123 cm³/mol. The summed E-state index contributed by atoms with van der Waals surface area (Å²) in [6, 6.07) is 21.8. The van der Waals surface area contributed by atoms with Crippen molar-refractivity contribution in [2.45, 2.75) is 0 Å². The van der Waals surface area contributed by atoms with Gasteiger partial charge in [0, 0.05) is 31.5 Å². The molecule has 0 saturated carbocycles. The molecule has 0 bridgehead atoms. The van der Waals surface area contributed by atoms with Gasteiger partial charge in [0.05, 0.1) is 11.3 Å². The Morgan fingerprint density at radius 1 is 0.844 bits per heavy atom. The summed E-state index contributed by atoms with van der Waals surface area (Å²) < 4.78 is 10.8. The van der Waals surface area contributed by atoms with Crippen molar-refractivity contribution in [2.24, 2.45) is 0 Å². The number of nitrogens with zero attached hydrogens (tertiary/aromatic N) is 2. The topological polar surface area (TPSA) is 71.1 Å². The van der Waals surface area contributed by atoms with Crippen LogP contribution in [0.1, 0.15) is 5.56 Å². The number of benzene rings is 3. The fourth-order valence-corrected chi connectivity index (χ4v) is 3.77. The van der Waals surface area contributed by atoms with E-state index in [0.29, 0.717) is 34.0 Å². The Balaban J connectivity index is 1.55. The first-order valence-corrected chi connectivity index (χ1v) is 10.2. The van der Waals surface area contributed by atoms with Crippen LogP contribution in [-0.4, -0.2) is 32.7 Å². The molecule has 7 heteroatoms. The first kappa shape index (κ1) is 19.7. The molecule has 0 aromatic heterocycles. The van der Waals surface area contributed by atoms with Crippen LogP contribution in [0.5, 0.6) is 11.5 Å². The van der Waals surface area contributed by atoms with E-state index in [1.165, 1.54) is 4.90 Å². The van der Waals surface area contributed by atoms with E-state index < -0.39 is 5.91 Å². The maximum Gasteiger partial charge on any atom is 0.282 e. The zero-order valence-corrected chi connectivity index (χ0v) is 17.7. The number of nitrogens with one attached hydrogen (secondary N) is 1. The predicted octanol–water partition coefficient (Wildman–Crippen LogP) is 3.88. The number of carbonyl (C=O) groups is 2. The summed E-state index contributed by atoms with van der Waals surface area (Å²) in [4.78, 5) is 30.1. The number of hydrogen-bond donors (Lipinski definition) is 1. The van der Waals surface area contributed by atoms with Crippen LogP contribution < -0.4 is 24.6 Å². The second-order valence-corrected chi connectivity index (χ2v) is 7.67. The lowest BCUT2D eigenvalue weighted by molar-refractivity contribution is -0.120. The second-order valence-electron chi connectivity index (χ2n) is 7.67. The molecule has 0 saturated heterocycles. The molecule has 0 aliphatic carbocycles. The summed E-state index contributed by atoms with van der Waals surface area (Å²) >= 11 is 0. The lowest BCUT2D eigenvalue weighted by Crippen LogP contribution is -2.32. The number of rotatable bonds is 5. The van der Waals surface area contributed by atoms with E-state index in [-0.39, 0.29) is 18.4 Å². The number of carbonyl (C=O) groups excluding carboxylic acids is 2. The normalized spacial score (nSPS) is 14.9. The van der Waals surface area contributed by atoms with Crippen LogP contribution in [0.3, 0.4) is 0 Å². The van der Waals surface area contributed by atoms with Gasteiger partial charge in [-0.25, -0.2) is 4.90 Å². The van der Waals surface area contributed by atoms with Crippen LogP contribution in [0.25, 0.3) is 5.57 Å². The molecule has 7 nitrogen and oxygen atoms in total. The highest BCUT2D eigenvalue weighted by molar-refractivity contribution is 6.46. The molecule has 0 fully saturated rings. The van der Waals surface area contributed by atoms with Crippen LogP contribution in [-0.2, 0) is 9.59 Å². The Morgan fingerprint density at radius 2 is 1.56 bits per heavy atom. The van der Waals surface area contributed by atoms with Crippen molar-refractivity contribution in [2.75, 3.05) is 36.0 Å². The largest absolute Gasteiger partial charge is 0.454 e. The standard InChI is InChI=1S/C25H21N3O4/c1-27(2)18-9-11-19(12-10-18)28-24(29)22(16-6-4-3-5-7-16)23(25(28)30)26-17-8-13-20-21(14-17)32-15-31-20/h3-14,26H,15H2,1-2H3. The second kappa shape index (κ2) is 7.77. The summed E-state index contributed by atoms with van der Waals surface area (Å²) in [7, 11) is 3.87. The molecule has 0 atom stereocenters. The number of anilines is 3. The minimum Gasteiger partial charge on any atom is -0.454 e. The summed E-state index contributed by atoms with van der Waals surface area (Å²) in [5, 5.41) is 3.15. The van der Waals surface area contributed by atoms with Gasteiger partial charge in [-0.15, -0.1) is 0 Å². The van der Waals surface area contributed by atoms with Crippen molar-refractivity contribution < 1.29 is 19.1 Å². The van der Waals surface area contributed by atoms with Crippen molar-refractivity contribution in [1.29, 1.82) is 0 Å². The molecule has 2 amide bonds. The summed E-state index contributed by atoms with van der Waals surface area (Å²) in [6.07, 6.45) is 0. The third kappa shape index (κ3) is 3.33. The highest BCUT2D eigenvalue weighted by Crippen LogP contribution is 2.37. The van der Waals surface area contributed by atoms with Gasteiger partial charge in [0.15, 0.2) is 11.5 Å². The zero-order valence-electron chi connectivity index (χ0n) is 17.7. The van der Waals surface area contributed by atoms with Gasteiger partial charge in [-0.2, -0.15) is 0 Å². The van der Waals surface area contributed by atoms with E-state index in [9.17, 15) is 9.59 Å². The summed E-state index contributed by atoms with van der Waals surface area (Å²) in [5.74, 6) is 0.445. The summed E-state index contributed by atoms with van der Waals surface area (Å²) in [5.41, 5.74) is 3.33. The smallest absolute Gasteiger partial charge is 0.282 e. The molecule has 2 aliphatic rings. The average Bonchev–Trinajstić information content (AvgIpc) is 3.36. The van der Waals surface area contributed by atoms with E-state index in [4.69, 9.17) is 9.47 Å². The maximum atomic E-state index is 13.5. The molecule has 0 spiro atoms. The highest BCUT2D eigenvalue weighted by Gasteiger charge is 2.40. The van der Waals surface area contributed by atoms with Crippen molar-refractivity contribution in [3.05, 3.63) is 84.1 Å². The molecule has 160 valence electrons. The summed E-state index contributed by atoms with van der Waals surface area (Å²) in [6.45, 7) is 0.158. The molecule has 0 radical (unpaired) electrons. The van der Waals surface area contributed by atoms with Crippen molar-refractivity contribution in [1.82, 2.24) is 0 Å². The first-order chi connectivity index (χ1) is 15.5. The van der Waals surface area contributed by atoms with Crippen LogP contribution in [0, 0.1) is 0 Å². The Morgan fingerprint density at radius 3 is 2.28 bits per heavy atom. The number of ether oxygens (including phenoxy) is 2. The van der Waals surface area contributed by atoms with Crippen LogP contribution in [0.15, 0.2) is 78.5 Å². The van der Waals surface area contributed by atoms with Gasteiger partial charge in [-0.1, -0.05) is 30.3 Å². The maximum absolute atomic E-state index is 13.5. The first-order valence-electron chi connectivity index (χ1n) is 10.2. The minimum atomic E-state index is -0.413. The van der Waals surface area contributed by atoms with Crippen molar-refractivity contribution in [3.8, 4) is 11.5 Å². The third-order valence-electron chi connectivity index (χ3n) is 5.41. The van der Waals surface area contributed by atoms with Gasteiger partial charge < -0.3 is 19.7 Å². The number of fused-ring (bicyclic) bond motifs is 1. The molecule has 2 aliphatic heterocycles. The lowest BCUT2D eigenvalue weighted by atomic mass is 10.0. The molecular formula is C25H21N3O4. The van der Waals surface area contributed by atoms with Crippen molar-refractivity contribution >= 4 is 34.4 Å². The highest BCUT2D eigenvalue weighted by atomic mass is 16.7. The van der Waals surface area contributed by atoms with Gasteiger partial charge in [0.1, 0.15) is 5.70 Å². The molecular weight excluding hydrogens is 406 g/mol. The minimum absolute atomic E-state index is 0.158. The number of hydrogen-bond acceptors (Lipinski definition) is 6. The lowest BCUT2D eigenvalue weighted by Gasteiger charge is -2.18. The molecule has 2 heterocycles. The monoisotopic (exact) mass is 427 g/mol. The SMILES string of the molecule is CN(C)c1ccc(N2C(=O)C(Nc3ccc4c(c3)OCO4)=C(c3ccccc3)C2=O)cc1. The fourth-order valence-electron chi connectivity index (χ4n) is 3.77. The molecule has 1 N–H and O–H groups in total. The van der Waals surface area contributed by atoms with Gasteiger partial charge in [-0.05, 0) is 42.0 Å². The van der Waals surface area contributed by atoms with Crippen LogP contribution in [0.4, 0.5) is 17.1 Å². The van der Waals surface area contributed by atoms with E-state index in [1.54, 1.807) is 30.3 Å². The molecule has 3 aromatic rings. The van der Waals surface area contributed by atoms with E-state index in [2.05, 4.69) is 5.32 Å². The van der Waals surface area contributed by atoms with Gasteiger partial charge >= 0.3 is 0 Å². The van der Waals surface area contributed by atoms with Gasteiger partial charge in [0.2, 0.25) is 6.79 Å². The average molecular weight is 427 g/mol. The van der Waals surface area contributed by atoms with Crippen molar-refractivity contribution in [3.63, 3.8) is 0 Å².